The van der Waals surface area contributed by atoms with Gasteiger partial charge in [-0.2, -0.15) is 0 Å². The standard InChI is InChI=1S/C32H35P/c1-3-15-26(16-4-1)33(27-17-5-2-6-18-27)31-23-22-25-13-8-10-20-29(25)32(31)30-21-11-14-24-12-7-9-19-28(24)30/h7-14,19-23,26-27H,1-6,15-18H2. The van der Waals surface area contributed by atoms with Crippen molar-refractivity contribution in [1.29, 1.82) is 0 Å². The van der Waals surface area contributed by atoms with E-state index in [0.29, 0.717) is 0 Å². The van der Waals surface area contributed by atoms with Crippen LogP contribution in [0, 0.1) is 0 Å². The molecule has 1 heteroatoms. The van der Waals surface area contributed by atoms with Crippen molar-refractivity contribution < 1.29 is 0 Å². The summed E-state index contributed by atoms with van der Waals surface area (Å²) in [5.41, 5.74) is 4.81. The van der Waals surface area contributed by atoms with Crippen LogP contribution in [0.1, 0.15) is 64.2 Å². The van der Waals surface area contributed by atoms with Gasteiger partial charge in [-0.15, -0.1) is 0 Å². The van der Waals surface area contributed by atoms with Crippen LogP contribution in [0.15, 0.2) is 78.9 Å². The summed E-state index contributed by atoms with van der Waals surface area (Å²) in [7, 11) is -0.165. The Hall–Kier alpha value is -2.17. The molecule has 2 aliphatic rings. The number of hydrogen-bond donors (Lipinski definition) is 0. The maximum atomic E-state index is 2.56. The summed E-state index contributed by atoms with van der Waals surface area (Å²) in [4.78, 5) is 0. The highest BCUT2D eigenvalue weighted by molar-refractivity contribution is 7.67. The van der Waals surface area contributed by atoms with Gasteiger partial charge in [-0.05, 0) is 75.0 Å². The van der Waals surface area contributed by atoms with Crippen LogP contribution in [0.25, 0.3) is 32.7 Å². The maximum absolute atomic E-state index is 2.56. The second-order valence-corrected chi connectivity index (χ2v) is 13.0. The van der Waals surface area contributed by atoms with Gasteiger partial charge in [0.15, 0.2) is 0 Å². The highest BCUT2D eigenvalue weighted by Crippen LogP contribution is 2.57. The fraction of sp³-hybridized carbons (Fsp3) is 0.375. The molecule has 0 heterocycles. The number of rotatable bonds is 4. The fourth-order valence-corrected chi connectivity index (χ4v) is 10.6. The van der Waals surface area contributed by atoms with E-state index in [4.69, 9.17) is 0 Å². The van der Waals surface area contributed by atoms with Gasteiger partial charge < -0.3 is 0 Å². The van der Waals surface area contributed by atoms with E-state index in [1.165, 1.54) is 91.3 Å². The largest absolute Gasteiger partial charge is 0.0683 e. The smallest absolute Gasteiger partial charge is 0.00219 e. The second-order valence-electron chi connectivity index (χ2n) is 10.2. The molecule has 0 nitrogen and oxygen atoms in total. The van der Waals surface area contributed by atoms with E-state index >= 15 is 0 Å². The molecule has 0 unspecified atom stereocenters. The first kappa shape index (κ1) is 21.4. The number of fused-ring (bicyclic) bond motifs is 2. The highest BCUT2D eigenvalue weighted by Gasteiger charge is 2.34. The summed E-state index contributed by atoms with van der Waals surface area (Å²) < 4.78 is 0. The van der Waals surface area contributed by atoms with E-state index in [-0.39, 0.29) is 7.92 Å². The van der Waals surface area contributed by atoms with Crippen molar-refractivity contribution in [3.63, 3.8) is 0 Å². The van der Waals surface area contributed by atoms with Crippen molar-refractivity contribution in [3.05, 3.63) is 78.9 Å². The monoisotopic (exact) mass is 450 g/mol. The first-order valence-electron chi connectivity index (χ1n) is 13.2. The molecule has 0 N–H and O–H groups in total. The minimum Gasteiger partial charge on any atom is -0.0683 e. The van der Waals surface area contributed by atoms with Gasteiger partial charge in [-0.1, -0.05) is 125 Å². The Balaban J connectivity index is 1.61. The van der Waals surface area contributed by atoms with Gasteiger partial charge in [0.25, 0.3) is 0 Å². The summed E-state index contributed by atoms with van der Waals surface area (Å²) in [6.45, 7) is 0. The Kier molecular flexibility index (Phi) is 6.21. The van der Waals surface area contributed by atoms with Crippen LogP contribution in [-0.2, 0) is 0 Å². The van der Waals surface area contributed by atoms with Crippen molar-refractivity contribution in [1.82, 2.24) is 0 Å². The predicted molar refractivity (Wildman–Crippen MR) is 147 cm³/mol. The average molecular weight is 451 g/mol. The lowest BCUT2D eigenvalue weighted by Gasteiger charge is -2.40. The molecule has 0 aliphatic heterocycles. The van der Waals surface area contributed by atoms with Gasteiger partial charge in [0, 0.05) is 0 Å². The third-order valence-electron chi connectivity index (χ3n) is 8.18. The zero-order valence-corrected chi connectivity index (χ0v) is 20.6. The zero-order chi connectivity index (χ0) is 22.0. The van der Waals surface area contributed by atoms with E-state index < -0.39 is 0 Å². The van der Waals surface area contributed by atoms with Crippen LogP contribution in [0.2, 0.25) is 0 Å². The molecule has 0 bridgehead atoms. The first-order valence-corrected chi connectivity index (χ1v) is 14.7. The molecule has 0 atom stereocenters. The molecule has 0 amide bonds. The van der Waals surface area contributed by atoms with Crippen molar-refractivity contribution >= 4 is 34.8 Å². The fourth-order valence-electron chi connectivity index (χ4n) is 6.61. The SMILES string of the molecule is c1ccc2c(-c3c(P(C4CCCCC4)C4CCCCC4)ccc4ccccc34)cccc2c1. The topological polar surface area (TPSA) is 0 Å². The van der Waals surface area contributed by atoms with E-state index in [9.17, 15) is 0 Å². The summed E-state index contributed by atoms with van der Waals surface area (Å²) in [5.74, 6) is 0. The second kappa shape index (κ2) is 9.60. The lowest BCUT2D eigenvalue weighted by Crippen LogP contribution is -2.27. The van der Waals surface area contributed by atoms with Gasteiger partial charge in [0.05, 0.1) is 0 Å². The molecule has 168 valence electrons. The minimum atomic E-state index is -0.165. The number of hydrogen-bond acceptors (Lipinski definition) is 0. The maximum Gasteiger partial charge on any atom is -0.00219 e. The van der Waals surface area contributed by atoms with Crippen molar-refractivity contribution in [3.8, 4) is 11.1 Å². The van der Waals surface area contributed by atoms with Crippen LogP contribution in [0.4, 0.5) is 0 Å². The summed E-state index contributed by atoms with van der Waals surface area (Å²) in [6, 6.07) is 30.0. The van der Waals surface area contributed by atoms with Crippen LogP contribution in [0.5, 0.6) is 0 Å². The minimum absolute atomic E-state index is 0.165. The van der Waals surface area contributed by atoms with Crippen LogP contribution in [0.3, 0.4) is 0 Å². The summed E-state index contributed by atoms with van der Waals surface area (Å²) in [6.07, 6.45) is 14.4. The van der Waals surface area contributed by atoms with Crippen LogP contribution < -0.4 is 5.30 Å². The van der Waals surface area contributed by atoms with E-state index in [0.717, 1.165) is 11.3 Å². The van der Waals surface area contributed by atoms with Crippen molar-refractivity contribution in [2.24, 2.45) is 0 Å². The van der Waals surface area contributed by atoms with Gasteiger partial charge in [-0.3, -0.25) is 0 Å². The van der Waals surface area contributed by atoms with Crippen molar-refractivity contribution in [2.75, 3.05) is 0 Å². The lowest BCUT2D eigenvalue weighted by atomic mass is 9.94. The lowest BCUT2D eigenvalue weighted by molar-refractivity contribution is 0.487. The van der Waals surface area contributed by atoms with E-state index in [1.807, 2.05) is 0 Å². The van der Waals surface area contributed by atoms with Gasteiger partial charge in [-0.25, -0.2) is 0 Å². The first-order chi connectivity index (χ1) is 16.4. The van der Waals surface area contributed by atoms with Crippen molar-refractivity contribution in [2.45, 2.75) is 75.5 Å². The Bertz CT molecular complexity index is 1220. The Morgan fingerprint density at radius 1 is 0.485 bits per heavy atom. The summed E-state index contributed by atoms with van der Waals surface area (Å²) >= 11 is 0. The van der Waals surface area contributed by atoms with E-state index in [2.05, 4.69) is 78.9 Å². The molecule has 4 aromatic carbocycles. The molecule has 2 aliphatic carbocycles. The molecule has 0 aromatic heterocycles. The molecule has 2 fully saturated rings. The Labute approximate surface area is 200 Å². The predicted octanol–water partition coefficient (Wildman–Crippen LogP) is 9.43. The highest BCUT2D eigenvalue weighted by atomic mass is 31.1. The number of benzene rings is 4. The van der Waals surface area contributed by atoms with E-state index in [1.54, 1.807) is 10.9 Å². The van der Waals surface area contributed by atoms with Crippen LogP contribution in [-0.4, -0.2) is 11.3 Å². The van der Waals surface area contributed by atoms with Crippen LogP contribution >= 0.6 is 7.92 Å². The Morgan fingerprint density at radius 3 is 1.70 bits per heavy atom. The average Bonchev–Trinajstić information content (AvgIpc) is 2.90. The molecular formula is C32H35P. The molecule has 2 saturated carbocycles. The Morgan fingerprint density at radius 2 is 1.03 bits per heavy atom. The third-order valence-corrected chi connectivity index (χ3v) is 11.7. The quantitative estimate of drug-likeness (QED) is 0.272. The molecule has 0 saturated heterocycles. The normalized spacial score (nSPS) is 18.3. The molecule has 33 heavy (non-hydrogen) atoms. The van der Waals surface area contributed by atoms with Gasteiger partial charge in [0.1, 0.15) is 0 Å². The molecule has 0 radical (unpaired) electrons. The van der Waals surface area contributed by atoms with Gasteiger partial charge >= 0.3 is 0 Å². The molecule has 6 rings (SSSR count). The molecule has 0 spiro atoms. The summed E-state index contributed by atoms with van der Waals surface area (Å²) in [5, 5.41) is 7.30. The molecular weight excluding hydrogens is 415 g/mol. The third kappa shape index (κ3) is 4.13. The van der Waals surface area contributed by atoms with Gasteiger partial charge in [0.2, 0.25) is 0 Å². The molecule has 4 aromatic rings. The zero-order valence-electron chi connectivity index (χ0n) is 19.7.